The molecule has 0 unspecified atom stereocenters. The summed E-state index contributed by atoms with van der Waals surface area (Å²) in [6, 6.07) is 4.19. The van der Waals surface area contributed by atoms with Crippen molar-refractivity contribution >= 4 is 17.2 Å². The summed E-state index contributed by atoms with van der Waals surface area (Å²) in [6.45, 7) is 5.50. The number of hydrogen-bond acceptors (Lipinski definition) is 4. The van der Waals surface area contributed by atoms with Gasteiger partial charge in [-0.1, -0.05) is 0 Å². The standard InChI is InChI=1S/C17H23N5O/c1-13(23)21-10-4-5-14(11-21)17-18-16-7-6-15(12-22(16)19-17)20-8-2-3-9-20/h6-7,12,14H,2-5,8-11H2,1H3/t14-/m0/s1. The molecule has 4 rings (SSSR count). The summed E-state index contributed by atoms with van der Waals surface area (Å²) in [5.41, 5.74) is 2.11. The van der Waals surface area contributed by atoms with Crippen molar-refractivity contribution in [3.05, 3.63) is 24.2 Å². The first-order chi connectivity index (χ1) is 11.2. The number of anilines is 1. The van der Waals surface area contributed by atoms with E-state index in [-0.39, 0.29) is 11.8 Å². The number of aromatic nitrogens is 3. The molecule has 2 saturated heterocycles. The first-order valence-corrected chi connectivity index (χ1v) is 8.57. The Hall–Kier alpha value is -2.11. The minimum absolute atomic E-state index is 0.148. The molecule has 6 nitrogen and oxygen atoms in total. The number of amides is 1. The molecule has 4 heterocycles. The van der Waals surface area contributed by atoms with E-state index in [1.54, 1.807) is 6.92 Å². The summed E-state index contributed by atoms with van der Waals surface area (Å²) < 4.78 is 1.90. The van der Waals surface area contributed by atoms with Crippen molar-refractivity contribution in [3.63, 3.8) is 0 Å². The highest BCUT2D eigenvalue weighted by atomic mass is 16.2. The van der Waals surface area contributed by atoms with Gasteiger partial charge in [-0.3, -0.25) is 4.79 Å². The van der Waals surface area contributed by atoms with Crippen LogP contribution < -0.4 is 4.90 Å². The molecule has 0 saturated carbocycles. The van der Waals surface area contributed by atoms with E-state index >= 15 is 0 Å². The van der Waals surface area contributed by atoms with E-state index in [0.717, 1.165) is 50.5 Å². The number of hydrogen-bond donors (Lipinski definition) is 0. The van der Waals surface area contributed by atoms with E-state index in [1.807, 2.05) is 9.42 Å². The Morgan fingerprint density at radius 2 is 2.00 bits per heavy atom. The minimum Gasteiger partial charge on any atom is -0.370 e. The zero-order valence-electron chi connectivity index (χ0n) is 13.6. The first kappa shape index (κ1) is 14.5. The van der Waals surface area contributed by atoms with Gasteiger partial charge in [0.2, 0.25) is 5.91 Å². The lowest BCUT2D eigenvalue weighted by molar-refractivity contribution is -0.130. The second-order valence-electron chi connectivity index (χ2n) is 6.66. The molecule has 2 fully saturated rings. The number of rotatable bonds is 2. The van der Waals surface area contributed by atoms with Crippen LogP contribution in [0.5, 0.6) is 0 Å². The van der Waals surface area contributed by atoms with Gasteiger partial charge in [0, 0.05) is 39.0 Å². The normalized spacial score (nSPS) is 22.0. The van der Waals surface area contributed by atoms with Crippen LogP contribution in [0.25, 0.3) is 5.65 Å². The Kier molecular flexibility index (Phi) is 3.67. The van der Waals surface area contributed by atoms with Crippen LogP contribution in [0.2, 0.25) is 0 Å². The summed E-state index contributed by atoms with van der Waals surface area (Å²) in [7, 11) is 0. The summed E-state index contributed by atoms with van der Waals surface area (Å²) >= 11 is 0. The Balaban J connectivity index is 1.59. The van der Waals surface area contributed by atoms with Crippen molar-refractivity contribution in [1.29, 1.82) is 0 Å². The molecular weight excluding hydrogens is 290 g/mol. The van der Waals surface area contributed by atoms with Crippen LogP contribution in [-0.4, -0.2) is 51.6 Å². The van der Waals surface area contributed by atoms with Gasteiger partial charge >= 0.3 is 0 Å². The maximum Gasteiger partial charge on any atom is 0.219 e. The molecule has 6 heteroatoms. The van der Waals surface area contributed by atoms with E-state index in [1.165, 1.54) is 18.5 Å². The molecule has 2 aliphatic rings. The SMILES string of the molecule is CC(=O)N1CCC[C@H](c2nc3ccc(N4CCCC4)cn3n2)C1. The third-order valence-corrected chi connectivity index (χ3v) is 5.03. The van der Waals surface area contributed by atoms with Crippen molar-refractivity contribution in [3.8, 4) is 0 Å². The Labute approximate surface area is 136 Å². The van der Waals surface area contributed by atoms with Crippen molar-refractivity contribution in [2.75, 3.05) is 31.1 Å². The molecule has 0 spiro atoms. The minimum atomic E-state index is 0.148. The zero-order valence-corrected chi connectivity index (χ0v) is 13.6. The van der Waals surface area contributed by atoms with Gasteiger partial charge in [0.25, 0.3) is 0 Å². The second-order valence-corrected chi connectivity index (χ2v) is 6.66. The smallest absolute Gasteiger partial charge is 0.219 e. The van der Waals surface area contributed by atoms with Gasteiger partial charge in [-0.15, -0.1) is 0 Å². The number of carbonyl (C=O) groups excluding carboxylic acids is 1. The van der Waals surface area contributed by atoms with Crippen molar-refractivity contribution < 1.29 is 4.79 Å². The average molecular weight is 313 g/mol. The number of carbonyl (C=O) groups is 1. The summed E-state index contributed by atoms with van der Waals surface area (Å²) in [4.78, 5) is 20.6. The summed E-state index contributed by atoms with van der Waals surface area (Å²) in [5.74, 6) is 1.27. The first-order valence-electron chi connectivity index (χ1n) is 8.57. The Morgan fingerprint density at radius 3 is 2.78 bits per heavy atom. The van der Waals surface area contributed by atoms with E-state index in [0.29, 0.717) is 0 Å². The molecule has 2 aromatic rings. The molecule has 0 N–H and O–H groups in total. The summed E-state index contributed by atoms with van der Waals surface area (Å²) in [5, 5.41) is 4.70. The summed E-state index contributed by atoms with van der Waals surface area (Å²) in [6.07, 6.45) is 6.70. The molecule has 2 aliphatic heterocycles. The van der Waals surface area contributed by atoms with Gasteiger partial charge in [-0.2, -0.15) is 5.10 Å². The van der Waals surface area contributed by atoms with Crippen LogP contribution in [-0.2, 0) is 4.79 Å². The van der Waals surface area contributed by atoms with Gasteiger partial charge in [-0.05, 0) is 37.8 Å². The maximum atomic E-state index is 11.6. The molecule has 122 valence electrons. The molecule has 2 aromatic heterocycles. The van der Waals surface area contributed by atoms with Gasteiger partial charge in [0.05, 0.1) is 11.9 Å². The number of fused-ring (bicyclic) bond motifs is 1. The number of piperidine rings is 1. The third kappa shape index (κ3) is 2.78. The highest BCUT2D eigenvalue weighted by Gasteiger charge is 2.26. The zero-order chi connectivity index (χ0) is 15.8. The highest BCUT2D eigenvalue weighted by molar-refractivity contribution is 5.73. The van der Waals surface area contributed by atoms with Crippen LogP contribution in [0.15, 0.2) is 18.3 Å². The molecule has 0 aromatic carbocycles. The number of nitrogens with zero attached hydrogens (tertiary/aromatic N) is 5. The van der Waals surface area contributed by atoms with E-state index in [4.69, 9.17) is 10.1 Å². The molecular formula is C17H23N5O. The molecule has 1 amide bonds. The maximum absolute atomic E-state index is 11.6. The van der Waals surface area contributed by atoms with Crippen molar-refractivity contribution in [1.82, 2.24) is 19.5 Å². The molecule has 0 radical (unpaired) electrons. The fourth-order valence-corrected chi connectivity index (χ4v) is 3.70. The molecule has 1 atom stereocenters. The van der Waals surface area contributed by atoms with Crippen LogP contribution in [0.1, 0.15) is 44.3 Å². The van der Waals surface area contributed by atoms with Gasteiger partial charge in [0.1, 0.15) is 0 Å². The van der Waals surface area contributed by atoms with Crippen LogP contribution in [0, 0.1) is 0 Å². The average Bonchev–Trinajstić information content (AvgIpc) is 3.23. The molecule has 0 bridgehead atoms. The van der Waals surface area contributed by atoms with Crippen LogP contribution in [0.4, 0.5) is 5.69 Å². The van der Waals surface area contributed by atoms with E-state index < -0.39 is 0 Å². The fraction of sp³-hybridized carbons (Fsp3) is 0.588. The predicted molar refractivity (Wildman–Crippen MR) is 88.7 cm³/mol. The fourth-order valence-electron chi connectivity index (χ4n) is 3.70. The van der Waals surface area contributed by atoms with E-state index in [2.05, 4.69) is 23.2 Å². The van der Waals surface area contributed by atoms with Gasteiger partial charge in [0.15, 0.2) is 11.5 Å². The van der Waals surface area contributed by atoms with Crippen LogP contribution >= 0.6 is 0 Å². The molecule has 23 heavy (non-hydrogen) atoms. The van der Waals surface area contributed by atoms with Crippen molar-refractivity contribution in [2.24, 2.45) is 0 Å². The Bertz CT molecular complexity index is 719. The third-order valence-electron chi connectivity index (χ3n) is 5.03. The quantitative estimate of drug-likeness (QED) is 0.851. The lowest BCUT2D eigenvalue weighted by Crippen LogP contribution is -2.37. The Morgan fingerprint density at radius 1 is 1.17 bits per heavy atom. The monoisotopic (exact) mass is 313 g/mol. The largest absolute Gasteiger partial charge is 0.370 e. The molecule has 0 aliphatic carbocycles. The lowest BCUT2D eigenvalue weighted by Gasteiger charge is -2.30. The second kappa shape index (κ2) is 5.83. The topological polar surface area (TPSA) is 53.7 Å². The predicted octanol–water partition coefficient (Wildman–Crippen LogP) is 2.06. The highest BCUT2D eigenvalue weighted by Crippen LogP contribution is 2.26. The van der Waals surface area contributed by atoms with Crippen molar-refractivity contribution in [2.45, 2.75) is 38.5 Å². The van der Waals surface area contributed by atoms with Gasteiger partial charge < -0.3 is 9.80 Å². The number of pyridine rings is 1. The number of likely N-dealkylation sites (tertiary alicyclic amines) is 1. The van der Waals surface area contributed by atoms with Crippen LogP contribution in [0.3, 0.4) is 0 Å². The van der Waals surface area contributed by atoms with E-state index in [9.17, 15) is 4.79 Å². The van der Waals surface area contributed by atoms with Gasteiger partial charge in [-0.25, -0.2) is 9.50 Å². The lowest BCUT2D eigenvalue weighted by atomic mass is 9.97.